The lowest BCUT2D eigenvalue weighted by molar-refractivity contribution is -0.870. The smallest absolute Gasteiger partial charge is 0.462 e. The van der Waals surface area contributed by atoms with E-state index in [4.69, 9.17) is 18.5 Å². The topological polar surface area (TPSA) is 108 Å². The third-order valence-electron chi connectivity index (χ3n) is 14.7. The molecule has 0 rings (SSSR count). The summed E-state index contributed by atoms with van der Waals surface area (Å²) in [4.78, 5) is 35.8. The van der Waals surface area contributed by atoms with E-state index in [0.717, 1.165) is 122 Å². The molecule has 0 radical (unpaired) electrons. The lowest BCUT2D eigenvalue weighted by Crippen LogP contribution is -2.37. The molecule has 0 bridgehead atoms. The summed E-state index contributed by atoms with van der Waals surface area (Å²) >= 11 is 0. The maximum atomic E-state index is 12.9. The summed E-state index contributed by atoms with van der Waals surface area (Å²) in [7, 11) is 1.47. The summed E-state index contributed by atoms with van der Waals surface area (Å²) in [6, 6.07) is 0. The van der Waals surface area contributed by atoms with Gasteiger partial charge in [-0.1, -0.05) is 295 Å². The number of rotatable bonds is 63. The normalized spacial score (nSPS) is 14.0. The van der Waals surface area contributed by atoms with Gasteiger partial charge < -0.3 is 18.9 Å². The second kappa shape index (κ2) is 65.6. The first kappa shape index (κ1) is 82.1. The molecule has 1 N–H and O–H groups in total. The Bertz CT molecular complexity index is 1910. The molecule has 0 aromatic rings. The van der Waals surface area contributed by atoms with Crippen LogP contribution in [0.1, 0.15) is 284 Å². The number of allylic oxidation sites excluding steroid dienone is 22. The average molecular weight is 1220 g/mol. The monoisotopic (exact) mass is 1220 g/mol. The van der Waals surface area contributed by atoms with Gasteiger partial charge in [0.15, 0.2) is 6.10 Å². The van der Waals surface area contributed by atoms with Crippen molar-refractivity contribution >= 4 is 19.8 Å². The number of hydrogen-bond acceptors (Lipinski definition) is 7. The first-order chi connectivity index (χ1) is 42.0. The molecule has 0 aliphatic heterocycles. The van der Waals surface area contributed by atoms with Crippen molar-refractivity contribution in [3.8, 4) is 0 Å². The Kier molecular flexibility index (Phi) is 62.7. The van der Waals surface area contributed by atoms with Gasteiger partial charge in [-0.2, -0.15) is 0 Å². The van der Waals surface area contributed by atoms with Gasteiger partial charge in [-0.05, 0) is 109 Å². The summed E-state index contributed by atoms with van der Waals surface area (Å²) in [5.41, 5.74) is 0. The Labute approximate surface area is 530 Å². The van der Waals surface area contributed by atoms with Gasteiger partial charge in [0.25, 0.3) is 0 Å². The standard InChI is InChI=1S/C76H130NO8P/c1-6-8-10-12-14-16-18-20-22-24-26-28-29-30-31-32-33-34-35-36-37-38-39-40-41-42-43-44-45-46-47-49-51-53-55-57-59-61-63-65-67-69-76(79)85-74(73-84-86(80,81)83-71-70-77(3,4)5)72-82-75(78)68-66-64-62-60-58-56-54-52-50-48-27-25-23-21-19-17-15-13-11-9-7-2/h8-11,14-17,20-23,26-28,30-31,33-34,36-37,48,74H,6-7,12-13,18-19,24-25,29,32,35,38-47,49-73H2,1-5H3/p+1/b10-8-,11-9-,16-14-,17-15-,22-20-,23-21-,28-26-,31-30-,34-33-,37-36-,48-27-. The molecule has 0 saturated heterocycles. The lowest BCUT2D eigenvalue weighted by Gasteiger charge is -2.24. The molecule has 86 heavy (non-hydrogen) atoms. The molecule has 0 fully saturated rings. The quantitative estimate of drug-likeness (QED) is 0.0211. The zero-order chi connectivity index (χ0) is 62.6. The van der Waals surface area contributed by atoms with Crippen LogP contribution in [0.5, 0.6) is 0 Å². The summed E-state index contributed by atoms with van der Waals surface area (Å²) in [6.07, 6.45) is 95.6. The van der Waals surface area contributed by atoms with Crippen LogP contribution in [-0.2, 0) is 32.7 Å². The number of unbranched alkanes of at least 4 members (excludes halogenated alkanes) is 27. The molecular formula is C76H131NO8P+. The molecule has 0 aliphatic carbocycles. The van der Waals surface area contributed by atoms with E-state index in [0.29, 0.717) is 17.4 Å². The van der Waals surface area contributed by atoms with Gasteiger partial charge in [-0.25, -0.2) is 4.57 Å². The molecule has 0 aromatic carbocycles. The second-order valence-electron chi connectivity index (χ2n) is 24.2. The first-order valence-electron chi connectivity index (χ1n) is 34.9. The number of esters is 2. The number of hydrogen-bond donors (Lipinski definition) is 1. The highest BCUT2D eigenvalue weighted by molar-refractivity contribution is 7.47. The van der Waals surface area contributed by atoms with E-state index < -0.39 is 26.5 Å². The van der Waals surface area contributed by atoms with Crippen LogP contribution in [0.4, 0.5) is 0 Å². The van der Waals surface area contributed by atoms with Crippen molar-refractivity contribution < 1.29 is 42.1 Å². The SMILES string of the molecule is CC/C=C\C/C=C\C/C=C\C/C=C\C/C=C\C/C=C\C/C=C\CCCCCCCCCCCCCCCCCCCCCC(=O)OC(COC(=O)CCCCCCCCCC/C=C\C/C=C\C/C=C\C/C=C\CC)COP(=O)(O)OCC[N+](C)(C)C. The van der Waals surface area contributed by atoms with Crippen LogP contribution in [0, 0.1) is 0 Å². The molecule has 0 spiro atoms. The minimum atomic E-state index is -4.40. The van der Waals surface area contributed by atoms with Gasteiger partial charge >= 0.3 is 19.8 Å². The van der Waals surface area contributed by atoms with Crippen LogP contribution in [0.25, 0.3) is 0 Å². The maximum Gasteiger partial charge on any atom is 0.472 e. The Morgan fingerprint density at radius 3 is 0.930 bits per heavy atom. The summed E-state index contributed by atoms with van der Waals surface area (Å²) in [5.74, 6) is -0.804. The first-order valence-corrected chi connectivity index (χ1v) is 36.4. The summed E-state index contributed by atoms with van der Waals surface area (Å²) < 4.78 is 34.7. The van der Waals surface area contributed by atoms with E-state index in [9.17, 15) is 19.0 Å². The third kappa shape index (κ3) is 69.3. The Hall–Kier alpha value is -3.85. The number of carbonyl (C=O) groups is 2. The molecule has 0 heterocycles. The van der Waals surface area contributed by atoms with Crippen molar-refractivity contribution in [2.45, 2.75) is 290 Å². The molecule has 0 aliphatic rings. The lowest BCUT2D eigenvalue weighted by atomic mass is 10.0. The fraction of sp³-hybridized carbons (Fsp3) is 0.684. The molecule has 9 nitrogen and oxygen atoms in total. The van der Waals surface area contributed by atoms with Crippen molar-refractivity contribution in [3.05, 3.63) is 134 Å². The Morgan fingerprint density at radius 2 is 0.628 bits per heavy atom. The van der Waals surface area contributed by atoms with E-state index in [1.54, 1.807) is 0 Å². The van der Waals surface area contributed by atoms with Crippen LogP contribution >= 0.6 is 7.82 Å². The molecule has 0 amide bonds. The molecule has 0 aromatic heterocycles. The van der Waals surface area contributed by atoms with Gasteiger partial charge in [0, 0.05) is 12.8 Å². The molecule has 10 heteroatoms. The minimum absolute atomic E-state index is 0.0261. The zero-order valence-electron chi connectivity index (χ0n) is 56.0. The van der Waals surface area contributed by atoms with Gasteiger partial charge in [0.05, 0.1) is 27.7 Å². The van der Waals surface area contributed by atoms with E-state index in [1.165, 1.54) is 128 Å². The highest BCUT2D eigenvalue weighted by Crippen LogP contribution is 2.43. The van der Waals surface area contributed by atoms with Gasteiger partial charge in [-0.3, -0.25) is 18.6 Å². The van der Waals surface area contributed by atoms with Crippen LogP contribution in [0.15, 0.2) is 134 Å². The highest BCUT2D eigenvalue weighted by Gasteiger charge is 2.27. The van der Waals surface area contributed by atoms with Crippen molar-refractivity contribution in [1.82, 2.24) is 0 Å². The number of nitrogens with zero attached hydrogens (tertiary/aromatic N) is 1. The van der Waals surface area contributed by atoms with Crippen molar-refractivity contribution in [2.24, 2.45) is 0 Å². The largest absolute Gasteiger partial charge is 0.472 e. The fourth-order valence-corrected chi connectivity index (χ4v) is 10.1. The molecule has 0 saturated carbocycles. The zero-order valence-corrected chi connectivity index (χ0v) is 56.9. The van der Waals surface area contributed by atoms with Crippen molar-refractivity contribution in [1.29, 1.82) is 0 Å². The van der Waals surface area contributed by atoms with E-state index in [2.05, 4.69) is 148 Å². The third-order valence-corrected chi connectivity index (χ3v) is 15.7. The minimum Gasteiger partial charge on any atom is -0.462 e. The number of phosphoric ester groups is 1. The highest BCUT2D eigenvalue weighted by atomic mass is 31.2. The average Bonchev–Trinajstić information content (AvgIpc) is 3.70. The molecule has 2 atom stereocenters. The van der Waals surface area contributed by atoms with Crippen LogP contribution in [-0.4, -0.2) is 74.9 Å². The van der Waals surface area contributed by atoms with E-state index in [-0.39, 0.29) is 32.0 Å². The predicted octanol–water partition coefficient (Wildman–Crippen LogP) is 22.8. The number of carbonyl (C=O) groups excluding carboxylic acids is 2. The van der Waals surface area contributed by atoms with Gasteiger partial charge in [0.2, 0.25) is 0 Å². The Morgan fingerprint density at radius 1 is 0.360 bits per heavy atom. The Balaban J connectivity index is 4.00. The number of phosphoric acid groups is 1. The maximum absolute atomic E-state index is 12.9. The van der Waals surface area contributed by atoms with Crippen LogP contribution < -0.4 is 0 Å². The van der Waals surface area contributed by atoms with Crippen molar-refractivity contribution in [3.63, 3.8) is 0 Å². The van der Waals surface area contributed by atoms with Crippen LogP contribution in [0.3, 0.4) is 0 Å². The van der Waals surface area contributed by atoms with E-state index in [1.807, 2.05) is 21.1 Å². The van der Waals surface area contributed by atoms with Gasteiger partial charge in [0.1, 0.15) is 19.8 Å². The predicted molar refractivity (Wildman–Crippen MR) is 371 cm³/mol. The molecule has 2 unspecified atom stereocenters. The molecular weight excluding hydrogens is 1090 g/mol. The summed E-state index contributed by atoms with van der Waals surface area (Å²) in [6.45, 7) is 4.21. The number of ether oxygens (including phenoxy) is 2. The second-order valence-corrected chi connectivity index (χ2v) is 25.6. The van der Waals surface area contributed by atoms with Gasteiger partial charge in [-0.15, -0.1) is 0 Å². The van der Waals surface area contributed by atoms with Crippen LogP contribution in [0.2, 0.25) is 0 Å². The van der Waals surface area contributed by atoms with Crippen molar-refractivity contribution in [2.75, 3.05) is 47.5 Å². The summed E-state index contributed by atoms with van der Waals surface area (Å²) in [5, 5.41) is 0. The number of likely N-dealkylation sites (N-methyl/N-ethyl adjacent to an activating group) is 1. The number of quaternary nitrogens is 1. The fourth-order valence-electron chi connectivity index (χ4n) is 9.40. The molecule has 492 valence electrons. The van der Waals surface area contributed by atoms with E-state index >= 15 is 0 Å².